The number of allylic oxidation sites excluding steroid dienone is 6. The molecular weight excluding hydrogens is 859 g/mol. The van der Waals surface area contributed by atoms with Gasteiger partial charge in [0.2, 0.25) is 0 Å². The van der Waals surface area contributed by atoms with Gasteiger partial charge >= 0.3 is 0 Å². The van der Waals surface area contributed by atoms with Gasteiger partial charge in [0.25, 0.3) is 35.5 Å². The van der Waals surface area contributed by atoms with E-state index in [1.54, 1.807) is 86.1 Å². The summed E-state index contributed by atoms with van der Waals surface area (Å²) in [7, 11) is 5.27. The van der Waals surface area contributed by atoms with E-state index in [9.17, 15) is 52.7 Å². The van der Waals surface area contributed by atoms with Gasteiger partial charge in [0.1, 0.15) is 16.6 Å². The number of alkyl halides is 12. The highest BCUT2D eigenvalue weighted by atomic mass is 19.3. The number of hydrogen-bond donors (Lipinski definition) is 0. The van der Waals surface area contributed by atoms with E-state index in [-0.39, 0.29) is 46.0 Å². The molecule has 0 aromatic heterocycles. The molecular formula is C49H67F12N3. The fourth-order valence-electron chi connectivity index (χ4n) is 12.2. The maximum atomic E-state index is 13.5. The van der Waals surface area contributed by atoms with E-state index in [1.165, 1.54) is 0 Å². The van der Waals surface area contributed by atoms with E-state index in [0.29, 0.717) is 58.2 Å². The largest absolute Gasteiger partial charge is 0.289 e. The SMILES string of the molecule is C.CC1=C(C)C12CCCC2(F)F.CC1=C(C)C12N(C)CCC2(F)F.CC1=C[C@@]12CCCC2(F)F.CC1=C[C@@]12N(C)CCC2(F)F.CN1CCC(F)(F)C12C=C2.FC1(F)CCCC12C=C2. The summed E-state index contributed by atoms with van der Waals surface area (Å²) in [6, 6.07) is 0. The Kier molecular flexibility index (Phi) is 12.3. The van der Waals surface area contributed by atoms with Crippen LogP contribution in [0.2, 0.25) is 0 Å². The lowest BCUT2D eigenvalue weighted by Gasteiger charge is -2.27. The second-order valence-corrected chi connectivity index (χ2v) is 20.3. The van der Waals surface area contributed by atoms with Gasteiger partial charge < -0.3 is 0 Å². The van der Waals surface area contributed by atoms with Gasteiger partial charge in [-0.2, -0.15) is 0 Å². The third-order valence-corrected chi connectivity index (χ3v) is 17.4. The van der Waals surface area contributed by atoms with Crippen molar-refractivity contribution in [3.05, 3.63) is 69.9 Å². The van der Waals surface area contributed by atoms with Crippen molar-refractivity contribution >= 4 is 0 Å². The lowest BCUT2D eigenvalue weighted by Crippen LogP contribution is -2.43. The summed E-state index contributed by atoms with van der Waals surface area (Å²) in [6.45, 7) is 12.4. The topological polar surface area (TPSA) is 9.72 Å². The first-order valence-corrected chi connectivity index (χ1v) is 22.4. The zero-order chi connectivity index (χ0) is 47.0. The second kappa shape index (κ2) is 15.5. The van der Waals surface area contributed by atoms with Gasteiger partial charge in [-0.1, -0.05) is 60.6 Å². The molecule has 3 nitrogen and oxygen atoms in total. The third-order valence-electron chi connectivity index (χ3n) is 17.4. The summed E-state index contributed by atoms with van der Waals surface area (Å²) in [6.07, 6.45) is 14.1. The van der Waals surface area contributed by atoms with Crippen molar-refractivity contribution in [2.24, 2.45) is 16.2 Å². The average molecular weight is 926 g/mol. The molecule has 64 heavy (non-hydrogen) atoms. The van der Waals surface area contributed by atoms with Crippen molar-refractivity contribution in [3.63, 3.8) is 0 Å². The zero-order valence-electron chi connectivity index (χ0n) is 37.9. The second-order valence-electron chi connectivity index (χ2n) is 20.3. The molecule has 9 aliphatic carbocycles. The molecule has 3 heterocycles. The highest BCUT2D eigenvalue weighted by molar-refractivity contribution is 5.57. The molecule has 3 saturated carbocycles. The van der Waals surface area contributed by atoms with Crippen LogP contribution in [0.4, 0.5) is 52.7 Å². The Bertz CT molecular complexity index is 2010. The Morgan fingerprint density at radius 3 is 1.03 bits per heavy atom. The number of halogens is 12. The number of rotatable bonds is 0. The molecule has 3 aliphatic heterocycles. The van der Waals surface area contributed by atoms with Crippen LogP contribution in [-0.2, 0) is 0 Å². The van der Waals surface area contributed by atoms with Gasteiger partial charge in [0.05, 0.1) is 16.2 Å². The normalized spacial score (nSPS) is 35.0. The summed E-state index contributed by atoms with van der Waals surface area (Å²) in [4.78, 5) is 5.22. The van der Waals surface area contributed by atoms with Crippen molar-refractivity contribution in [1.82, 2.24) is 14.7 Å². The molecule has 12 rings (SSSR count). The quantitative estimate of drug-likeness (QED) is 0.177. The molecule has 2 atom stereocenters. The van der Waals surface area contributed by atoms with Crippen molar-refractivity contribution in [3.8, 4) is 0 Å². The van der Waals surface area contributed by atoms with Gasteiger partial charge in [-0.3, -0.25) is 14.7 Å². The third kappa shape index (κ3) is 7.25. The van der Waals surface area contributed by atoms with Crippen LogP contribution in [0.3, 0.4) is 0 Å². The van der Waals surface area contributed by atoms with Crippen LogP contribution < -0.4 is 0 Å². The fourth-order valence-corrected chi connectivity index (χ4v) is 12.2. The average Bonchev–Trinajstić information content (AvgIpc) is 3.99. The van der Waals surface area contributed by atoms with E-state index >= 15 is 0 Å². The van der Waals surface area contributed by atoms with Crippen molar-refractivity contribution < 1.29 is 52.7 Å². The van der Waals surface area contributed by atoms with Crippen LogP contribution in [0.25, 0.3) is 0 Å². The molecule has 0 unspecified atom stereocenters. The van der Waals surface area contributed by atoms with E-state index in [2.05, 4.69) is 0 Å². The van der Waals surface area contributed by atoms with Crippen LogP contribution in [0.5, 0.6) is 0 Å². The molecule has 6 fully saturated rings. The minimum absolute atomic E-state index is 0. The zero-order valence-corrected chi connectivity index (χ0v) is 37.9. The number of likely N-dealkylation sites (tertiary alicyclic amines) is 3. The van der Waals surface area contributed by atoms with Crippen molar-refractivity contribution in [2.45, 2.75) is 178 Å². The van der Waals surface area contributed by atoms with Crippen LogP contribution in [0.1, 0.15) is 126 Å². The lowest BCUT2D eigenvalue weighted by atomic mass is 9.93. The summed E-state index contributed by atoms with van der Waals surface area (Å²) in [5.41, 5.74) is 0.262. The molecule has 0 N–H and O–H groups in total. The molecule has 362 valence electrons. The van der Waals surface area contributed by atoms with Gasteiger partial charge in [0.15, 0.2) is 0 Å². The maximum Gasteiger partial charge on any atom is 0.274 e. The first kappa shape index (κ1) is 50.9. The fraction of sp³-hybridized carbons (Fsp3) is 0.755. The predicted molar refractivity (Wildman–Crippen MR) is 228 cm³/mol. The molecule has 15 heteroatoms. The maximum absolute atomic E-state index is 13.5. The van der Waals surface area contributed by atoms with E-state index < -0.39 is 68.4 Å². The molecule has 0 amide bonds. The number of hydrogen-bond acceptors (Lipinski definition) is 3. The molecule has 3 saturated heterocycles. The van der Waals surface area contributed by atoms with Gasteiger partial charge in [-0.25, -0.2) is 52.7 Å². The summed E-state index contributed by atoms with van der Waals surface area (Å²) >= 11 is 0. The Morgan fingerprint density at radius 1 is 0.406 bits per heavy atom. The minimum Gasteiger partial charge on any atom is -0.289 e. The summed E-state index contributed by atoms with van der Waals surface area (Å²) < 4.78 is 157. The van der Waals surface area contributed by atoms with Crippen LogP contribution in [-0.4, -0.2) is 108 Å². The van der Waals surface area contributed by atoms with Gasteiger partial charge in [-0.05, 0) is 118 Å². The summed E-state index contributed by atoms with van der Waals surface area (Å²) in [5.74, 6) is -14.8. The molecule has 0 bridgehead atoms. The van der Waals surface area contributed by atoms with Crippen LogP contribution >= 0.6 is 0 Å². The molecule has 6 spiro atoms. The summed E-state index contributed by atoms with van der Waals surface area (Å²) in [5, 5.41) is 0. The molecule has 12 aliphatic rings. The van der Waals surface area contributed by atoms with Crippen molar-refractivity contribution in [2.75, 3.05) is 40.8 Å². The van der Waals surface area contributed by atoms with E-state index in [4.69, 9.17) is 0 Å². The molecule has 0 aromatic carbocycles. The lowest BCUT2D eigenvalue weighted by molar-refractivity contribution is -0.0439. The van der Waals surface area contributed by atoms with Crippen LogP contribution in [0, 0.1) is 16.2 Å². The Hall–Kier alpha value is -2.52. The number of likely N-dealkylation sites (N-methyl/N-ethyl adjacent to an activating group) is 3. The Morgan fingerprint density at radius 2 is 0.844 bits per heavy atom. The highest BCUT2D eigenvalue weighted by Gasteiger charge is 2.71. The first-order chi connectivity index (χ1) is 28.8. The molecule has 0 aromatic rings. The Labute approximate surface area is 371 Å². The molecule has 0 radical (unpaired) electrons. The smallest absolute Gasteiger partial charge is 0.274 e. The van der Waals surface area contributed by atoms with E-state index in [1.807, 2.05) is 27.7 Å². The monoisotopic (exact) mass is 926 g/mol. The first-order valence-electron chi connectivity index (χ1n) is 22.4. The van der Waals surface area contributed by atoms with Gasteiger partial charge in [-0.15, -0.1) is 0 Å². The number of nitrogens with zero attached hydrogens (tertiary/aromatic N) is 3. The standard InChI is InChI=1S/C9H13F2N.C9H12F2.C8H11F2N.C8H10F2.C7H9F2N.C7H8F2.CH4/c1-6-7(2)9(6)8(10,11)4-5-12(9)3;1-6-7(2)8(6)4-3-5-9(8,10)11;1-6-5-7(6)8(9,10)3-4-11(7)2;1-6-5-7(6)3-2-4-8(7,9)10;1-10-5-4-7(8,9)6(10)2-3-6;8-7(9)3-1-2-6(7)4-5-6;/h4-5H2,1-3H3;3-5H2,1-2H3;5H,3-4H2,1-2H3;5H,2-4H2,1H3;2-3H,4-5H2,1H3;4-5H,1-3H2;1H4/t;;2*7-;;;/m..10.../s1. The highest BCUT2D eigenvalue weighted by Crippen LogP contribution is 2.69. The van der Waals surface area contributed by atoms with E-state index in [0.717, 1.165) is 33.4 Å². The Balaban J connectivity index is 0.000000127. The predicted octanol–water partition coefficient (Wildman–Crippen LogP) is 13.9. The van der Waals surface area contributed by atoms with Crippen molar-refractivity contribution in [1.29, 1.82) is 0 Å². The van der Waals surface area contributed by atoms with Crippen LogP contribution in [0.15, 0.2) is 69.9 Å². The minimum atomic E-state index is -2.53. The van der Waals surface area contributed by atoms with Gasteiger partial charge in [0, 0.05) is 58.2 Å².